The zero-order valence-electron chi connectivity index (χ0n) is 11.3. The minimum Gasteiger partial charge on any atom is -0.207 e. The molecular formula is C13H16Cl2FNO2S. The third-order valence-electron chi connectivity index (χ3n) is 3.63. The predicted octanol–water partition coefficient (Wildman–Crippen LogP) is 3.78. The van der Waals surface area contributed by atoms with Gasteiger partial charge in [0, 0.05) is 18.0 Å². The summed E-state index contributed by atoms with van der Waals surface area (Å²) in [4.78, 5) is -0.0926. The van der Waals surface area contributed by atoms with Crippen LogP contribution in [-0.4, -0.2) is 24.8 Å². The maximum Gasteiger partial charge on any atom is 0.243 e. The third-order valence-corrected chi connectivity index (χ3v) is 6.43. The summed E-state index contributed by atoms with van der Waals surface area (Å²) in [6.07, 6.45) is 1.58. The molecule has 1 aliphatic rings. The maximum atomic E-state index is 13.8. The predicted molar refractivity (Wildman–Crippen MR) is 78.2 cm³/mol. The Hall–Kier alpha value is -0.360. The van der Waals surface area contributed by atoms with Gasteiger partial charge < -0.3 is 0 Å². The SMILES string of the molecule is CC1(C)CCCN1S(=O)(=O)c1cc(F)c(Cl)c(CCl)c1. The Bertz CT molecular complexity index is 632. The van der Waals surface area contributed by atoms with E-state index in [9.17, 15) is 12.8 Å². The lowest BCUT2D eigenvalue weighted by Gasteiger charge is -2.30. The van der Waals surface area contributed by atoms with E-state index in [2.05, 4.69) is 0 Å². The number of halogens is 3. The Morgan fingerprint density at radius 2 is 2.05 bits per heavy atom. The molecule has 0 atom stereocenters. The molecule has 1 fully saturated rings. The van der Waals surface area contributed by atoms with Gasteiger partial charge in [-0.3, -0.25) is 0 Å². The van der Waals surface area contributed by atoms with Crippen LogP contribution >= 0.6 is 23.2 Å². The molecule has 1 aromatic rings. The Balaban J connectivity index is 2.53. The second-order valence-electron chi connectivity index (χ2n) is 5.50. The fourth-order valence-corrected chi connectivity index (χ4v) is 4.88. The molecule has 0 bridgehead atoms. The summed E-state index contributed by atoms with van der Waals surface area (Å²) in [5, 5.41) is -0.125. The highest BCUT2D eigenvalue weighted by Crippen LogP contribution is 2.35. The van der Waals surface area contributed by atoms with E-state index in [1.54, 1.807) is 0 Å². The molecule has 0 N–H and O–H groups in total. The van der Waals surface area contributed by atoms with Crippen LogP contribution in [0.1, 0.15) is 32.3 Å². The molecule has 112 valence electrons. The zero-order chi connectivity index (χ0) is 15.1. The van der Waals surface area contributed by atoms with Gasteiger partial charge in [0.1, 0.15) is 5.82 Å². The molecule has 1 aromatic carbocycles. The second-order valence-corrected chi connectivity index (χ2v) is 8.01. The highest BCUT2D eigenvalue weighted by molar-refractivity contribution is 7.89. The van der Waals surface area contributed by atoms with Crippen molar-refractivity contribution in [2.75, 3.05) is 6.54 Å². The molecule has 0 amide bonds. The van der Waals surface area contributed by atoms with Crippen molar-refractivity contribution in [1.82, 2.24) is 4.31 Å². The highest BCUT2D eigenvalue weighted by atomic mass is 35.5. The zero-order valence-corrected chi connectivity index (χ0v) is 13.6. The second kappa shape index (κ2) is 5.44. The molecule has 1 aliphatic heterocycles. The van der Waals surface area contributed by atoms with Gasteiger partial charge in [0.05, 0.1) is 9.92 Å². The van der Waals surface area contributed by atoms with Crippen LogP contribution in [0, 0.1) is 5.82 Å². The van der Waals surface area contributed by atoms with E-state index in [0.29, 0.717) is 6.54 Å². The number of sulfonamides is 1. The Morgan fingerprint density at radius 3 is 2.55 bits per heavy atom. The molecule has 0 saturated carbocycles. The Morgan fingerprint density at radius 1 is 1.40 bits per heavy atom. The molecule has 0 radical (unpaired) electrons. The Kier molecular flexibility index (Phi) is 4.36. The van der Waals surface area contributed by atoms with Crippen molar-refractivity contribution < 1.29 is 12.8 Å². The number of nitrogens with zero attached hydrogens (tertiary/aromatic N) is 1. The topological polar surface area (TPSA) is 37.4 Å². The lowest BCUT2D eigenvalue weighted by molar-refractivity contribution is 0.291. The summed E-state index contributed by atoms with van der Waals surface area (Å²) < 4.78 is 40.5. The first-order valence-corrected chi connectivity index (χ1v) is 8.62. The summed E-state index contributed by atoms with van der Waals surface area (Å²) in [6.45, 7) is 4.17. The van der Waals surface area contributed by atoms with Gasteiger partial charge in [-0.15, -0.1) is 11.6 Å². The van der Waals surface area contributed by atoms with Gasteiger partial charge >= 0.3 is 0 Å². The van der Waals surface area contributed by atoms with Crippen molar-refractivity contribution >= 4 is 33.2 Å². The average Bonchev–Trinajstić information content (AvgIpc) is 2.72. The van der Waals surface area contributed by atoms with Gasteiger partial charge in [-0.1, -0.05) is 11.6 Å². The van der Waals surface area contributed by atoms with E-state index in [0.717, 1.165) is 18.9 Å². The lowest BCUT2D eigenvalue weighted by atomic mass is 10.0. The number of hydrogen-bond donors (Lipinski definition) is 0. The molecule has 0 aromatic heterocycles. The first-order chi connectivity index (χ1) is 9.20. The van der Waals surface area contributed by atoms with Crippen LogP contribution in [0.15, 0.2) is 17.0 Å². The number of benzene rings is 1. The largest absolute Gasteiger partial charge is 0.243 e. The van der Waals surface area contributed by atoms with E-state index in [-0.39, 0.29) is 21.4 Å². The maximum absolute atomic E-state index is 13.8. The van der Waals surface area contributed by atoms with Crippen LogP contribution in [-0.2, 0) is 15.9 Å². The third kappa shape index (κ3) is 2.69. The first-order valence-electron chi connectivity index (χ1n) is 6.27. The molecule has 3 nitrogen and oxygen atoms in total. The van der Waals surface area contributed by atoms with Crippen molar-refractivity contribution in [3.63, 3.8) is 0 Å². The quantitative estimate of drug-likeness (QED) is 0.786. The minimum absolute atomic E-state index is 0.0392. The molecule has 1 heterocycles. The fraction of sp³-hybridized carbons (Fsp3) is 0.538. The van der Waals surface area contributed by atoms with Crippen LogP contribution in [0.2, 0.25) is 5.02 Å². The summed E-state index contributed by atoms with van der Waals surface area (Å²) in [7, 11) is -3.74. The van der Waals surface area contributed by atoms with Crippen LogP contribution in [0.25, 0.3) is 0 Å². The van der Waals surface area contributed by atoms with E-state index < -0.39 is 21.4 Å². The van der Waals surface area contributed by atoms with Gasteiger partial charge in [0.15, 0.2) is 0 Å². The number of alkyl halides is 1. The summed E-state index contributed by atoms with van der Waals surface area (Å²) >= 11 is 11.4. The van der Waals surface area contributed by atoms with E-state index in [1.807, 2.05) is 13.8 Å². The van der Waals surface area contributed by atoms with Gasteiger partial charge in [-0.25, -0.2) is 12.8 Å². The van der Waals surface area contributed by atoms with E-state index in [1.165, 1.54) is 10.4 Å². The van der Waals surface area contributed by atoms with Crippen molar-refractivity contribution in [3.05, 3.63) is 28.5 Å². The normalized spacial score (nSPS) is 19.4. The fourth-order valence-electron chi connectivity index (χ4n) is 2.52. The van der Waals surface area contributed by atoms with Crippen molar-refractivity contribution in [3.8, 4) is 0 Å². The van der Waals surface area contributed by atoms with Crippen LogP contribution < -0.4 is 0 Å². The molecule has 0 aliphatic carbocycles. The molecule has 7 heteroatoms. The van der Waals surface area contributed by atoms with Crippen molar-refractivity contribution in [2.45, 2.75) is 43.0 Å². The molecule has 0 spiro atoms. The van der Waals surface area contributed by atoms with Crippen LogP contribution in [0.5, 0.6) is 0 Å². The monoisotopic (exact) mass is 339 g/mol. The van der Waals surface area contributed by atoms with Gasteiger partial charge in [0.25, 0.3) is 0 Å². The van der Waals surface area contributed by atoms with Crippen LogP contribution in [0.3, 0.4) is 0 Å². The number of rotatable bonds is 3. The molecule has 0 unspecified atom stereocenters. The minimum atomic E-state index is -3.74. The molecule has 1 saturated heterocycles. The standard InChI is InChI=1S/C13H16Cl2FNO2S/c1-13(2)4-3-5-17(13)20(18,19)10-6-9(8-14)12(15)11(16)7-10/h6-7H,3-5,8H2,1-2H3. The molecule has 20 heavy (non-hydrogen) atoms. The molecular weight excluding hydrogens is 324 g/mol. The first kappa shape index (κ1) is 16.0. The summed E-state index contributed by atoms with van der Waals surface area (Å²) in [6, 6.07) is 2.31. The smallest absolute Gasteiger partial charge is 0.207 e. The average molecular weight is 340 g/mol. The van der Waals surface area contributed by atoms with Gasteiger partial charge in [-0.2, -0.15) is 4.31 Å². The van der Waals surface area contributed by atoms with Crippen molar-refractivity contribution in [1.29, 1.82) is 0 Å². The Labute approximate surface area is 128 Å². The molecule has 2 rings (SSSR count). The lowest BCUT2D eigenvalue weighted by Crippen LogP contribution is -2.42. The highest BCUT2D eigenvalue weighted by Gasteiger charge is 2.41. The van der Waals surface area contributed by atoms with Gasteiger partial charge in [-0.05, 0) is 44.4 Å². The number of hydrogen-bond acceptors (Lipinski definition) is 2. The van der Waals surface area contributed by atoms with Crippen molar-refractivity contribution in [2.24, 2.45) is 0 Å². The van der Waals surface area contributed by atoms with E-state index in [4.69, 9.17) is 23.2 Å². The van der Waals surface area contributed by atoms with E-state index >= 15 is 0 Å². The summed E-state index contributed by atoms with van der Waals surface area (Å²) in [5.41, 5.74) is -0.181. The summed E-state index contributed by atoms with van der Waals surface area (Å²) in [5.74, 6) is -0.803. The van der Waals surface area contributed by atoms with Crippen LogP contribution in [0.4, 0.5) is 4.39 Å². The van der Waals surface area contributed by atoms with Gasteiger partial charge in [0.2, 0.25) is 10.0 Å².